The van der Waals surface area contributed by atoms with E-state index in [0.717, 1.165) is 6.42 Å². The molecule has 0 aromatic heterocycles. The van der Waals surface area contributed by atoms with Crippen LogP contribution in [-0.2, 0) is 0 Å². The summed E-state index contributed by atoms with van der Waals surface area (Å²) >= 11 is 1.54. The van der Waals surface area contributed by atoms with E-state index in [4.69, 9.17) is 5.11 Å². The molecule has 1 rings (SSSR count). The van der Waals surface area contributed by atoms with E-state index in [1.54, 1.807) is 0 Å². The number of rotatable bonds is 5. The van der Waals surface area contributed by atoms with Crippen molar-refractivity contribution in [2.45, 2.75) is 56.1 Å². The van der Waals surface area contributed by atoms with Crippen LogP contribution in [-0.4, -0.2) is 41.5 Å². The Labute approximate surface area is 111 Å². The van der Waals surface area contributed by atoms with Crippen molar-refractivity contribution in [1.29, 1.82) is 0 Å². The average Bonchev–Trinajstić information content (AvgIpc) is 2.29. The lowest BCUT2D eigenvalue weighted by molar-refractivity contribution is -0.183. The van der Waals surface area contributed by atoms with Crippen LogP contribution in [0.3, 0.4) is 0 Å². The van der Waals surface area contributed by atoms with Crippen LogP contribution in [0.1, 0.15) is 32.6 Å². The fourth-order valence-corrected chi connectivity index (χ4v) is 3.19. The quantitative estimate of drug-likeness (QED) is 0.814. The number of nitrogens with one attached hydrogen (secondary N) is 1. The van der Waals surface area contributed by atoms with Gasteiger partial charge in [-0.25, -0.2) is 0 Å². The predicted molar refractivity (Wildman–Crippen MR) is 68.8 cm³/mol. The minimum absolute atomic E-state index is 0.0296. The van der Waals surface area contributed by atoms with E-state index in [0.29, 0.717) is 6.42 Å². The van der Waals surface area contributed by atoms with Gasteiger partial charge in [0.2, 0.25) is 0 Å². The zero-order chi connectivity index (χ0) is 13.8. The molecule has 0 aliphatic heterocycles. The highest BCUT2D eigenvalue weighted by molar-refractivity contribution is 7.99. The first-order chi connectivity index (χ1) is 8.38. The van der Waals surface area contributed by atoms with Crippen molar-refractivity contribution in [2.24, 2.45) is 5.92 Å². The smallest absolute Gasteiger partial charge is 0.391 e. The van der Waals surface area contributed by atoms with E-state index >= 15 is 0 Å². The number of thioether (sulfide) groups is 1. The molecule has 0 heterocycles. The largest absolute Gasteiger partial charge is 0.395 e. The van der Waals surface area contributed by atoms with Gasteiger partial charge < -0.3 is 10.4 Å². The molecular formula is C12H22F3NOS. The zero-order valence-corrected chi connectivity index (χ0v) is 11.7. The van der Waals surface area contributed by atoms with Gasteiger partial charge in [-0.1, -0.05) is 6.42 Å². The van der Waals surface area contributed by atoms with Crippen LogP contribution in [0.25, 0.3) is 0 Å². The van der Waals surface area contributed by atoms with Crippen LogP contribution in [0.15, 0.2) is 0 Å². The van der Waals surface area contributed by atoms with Gasteiger partial charge in [-0.15, -0.1) is 0 Å². The molecule has 0 saturated heterocycles. The predicted octanol–water partition coefficient (Wildman–Crippen LogP) is 2.81. The molecule has 1 aliphatic rings. The van der Waals surface area contributed by atoms with Crippen molar-refractivity contribution in [3.63, 3.8) is 0 Å². The molecule has 2 N–H and O–H groups in total. The van der Waals surface area contributed by atoms with Crippen molar-refractivity contribution >= 4 is 11.8 Å². The SMILES string of the molecule is CS[C@H](CO)[C@H](C)N[C@@H]1CCC[C@@H](C(F)(F)F)C1. The van der Waals surface area contributed by atoms with E-state index in [1.807, 2.05) is 13.2 Å². The molecule has 1 aliphatic carbocycles. The number of hydrogen-bond acceptors (Lipinski definition) is 3. The highest BCUT2D eigenvalue weighted by atomic mass is 32.2. The van der Waals surface area contributed by atoms with Crippen LogP contribution in [0.2, 0.25) is 0 Å². The van der Waals surface area contributed by atoms with E-state index < -0.39 is 12.1 Å². The monoisotopic (exact) mass is 285 g/mol. The Balaban J connectivity index is 2.47. The third-order valence-electron chi connectivity index (χ3n) is 3.68. The number of aliphatic hydroxyl groups excluding tert-OH is 1. The third kappa shape index (κ3) is 4.63. The molecule has 18 heavy (non-hydrogen) atoms. The molecule has 0 spiro atoms. The van der Waals surface area contributed by atoms with Gasteiger partial charge in [0.25, 0.3) is 0 Å². The fourth-order valence-electron chi connectivity index (χ4n) is 2.55. The van der Waals surface area contributed by atoms with Crippen molar-refractivity contribution in [1.82, 2.24) is 5.32 Å². The summed E-state index contributed by atoms with van der Waals surface area (Å²) in [6.45, 7) is 1.97. The van der Waals surface area contributed by atoms with Gasteiger partial charge in [0.15, 0.2) is 0 Å². The first-order valence-electron chi connectivity index (χ1n) is 6.35. The Morgan fingerprint density at radius 1 is 1.39 bits per heavy atom. The summed E-state index contributed by atoms with van der Waals surface area (Å²) in [7, 11) is 0. The first-order valence-corrected chi connectivity index (χ1v) is 7.63. The molecule has 108 valence electrons. The van der Waals surface area contributed by atoms with Crippen LogP contribution in [0.5, 0.6) is 0 Å². The minimum Gasteiger partial charge on any atom is -0.395 e. The minimum atomic E-state index is -4.07. The van der Waals surface area contributed by atoms with E-state index in [-0.39, 0.29) is 36.8 Å². The van der Waals surface area contributed by atoms with Crippen molar-refractivity contribution < 1.29 is 18.3 Å². The van der Waals surface area contributed by atoms with Crippen molar-refractivity contribution in [2.75, 3.05) is 12.9 Å². The van der Waals surface area contributed by atoms with Gasteiger partial charge in [-0.05, 0) is 32.4 Å². The lowest BCUT2D eigenvalue weighted by atomic mass is 9.85. The van der Waals surface area contributed by atoms with E-state index in [9.17, 15) is 13.2 Å². The summed E-state index contributed by atoms with van der Waals surface area (Å²) in [5.41, 5.74) is 0. The Kier molecular flexibility index (Phi) is 6.27. The number of hydrogen-bond donors (Lipinski definition) is 2. The normalized spacial score (nSPS) is 29.0. The molecular weight excluding hydrogens is 263 g/mol. The summed E-state index contributed by atoms with van der Waals surface area (Å²) in [4.78, 5) is 0. The number of alkyl halides is 3. The second-order valence-electron chi connectivity index (χ2n) is 5.01. The Bertz CT molecular complexity index is 246. The van der Waals surface area contributed by atoms with Gasteiger partial charge in [-0.2, -0.15) is 24.9 Å². The summed E-state index contributed by atoms with van der Waals surface area (Å²) in [5, 5.41) is 12.4. The maximum Gasteiger partial charge on any atom is 0.391 e. The highest BCUT2D eigenvalue weighted by Crippen LogP contribution is 2.37. The van der Waals surface area contributed by atoms with Crippen molar-refractivity contribution in [3.05, 3.63) is 0 Å². The second kappa shape index (κ2) is 7.01. The Morgan fingerprint density at radius 2 is 2.06 bits per heavy atom. The standard InChI is InChI=1S/C12H22F3NOS/c1-8(11(7-17)18-2)16-10-5-3-4-9(6-10)12(13,14)15/h8-11,16-17H,3-7H2,1-2H3/t8-,9+,10+,11+/m0/s1. The van der Waals surface area contributed by atoms with Crippen LogP contribution < -0.4 is 5.32 Å². The molecule has 0 radical (unpaired) electrons. The maximum atomic E-state index is 12.7. The molecule has 1 fully saturated rings. The van der Waals surface area contributed by atoms with Gasteiger partial charge in [-0.3, -0.25) is 0 Å². The molecule has 0 unspecified atom stereocenters. The molecule has 0 aromatic carbocycles. The van der Waals surface area contributed by atoms with E-state index in [1.165, 1.54) is 11.8 Å². The van der Waals surface area contributed by atoms with Gasteiger partial charge in [0, 0.05) is 17.3 Å². The zero-order valence-electron chi connectivity index (χ0n) is 10.8. The maximum absolute atomic E-state index is 12.7. The molecule has 2 nitrogen and oxygen atoms in total. The molecule has 1 saturated carbocycles. The lowest BCUT2D eigenvalue weighted by Crippen LogP contribution is -2.47. The van der Waals surface area contributed by atoms with Gasteiger partial charge in [0.1, 0.15) is 0 Å². The van der Waals surface area contributed by atoms with Gasteiger partial charge in [0.05, 0.1) is 12.5 Å². The second-order valence-corrected chi connectivity index (χ2v) is 6.09. The highest BCUT2D eigenvalue weighted by Gasteiger charge is 2.42. The molecule has 4 atom stereocenters. The number of halogens is 3. The van der Waals surface area contributed by atoms with Crippen LogP contribution in [0, 0.1) is 5.92 Å². The number of aliphatic hydroxyl groups is 1. The topological polar surface area (TPSA) is 32.3 Å². The molecule has 0 amide bonds. The summed E-state index contributed by atoms with van der Waals surface area (Å²) in [5.74, 6) is -1.17. The van der Waals surface area contributed by atoms with E-state index in [2.05, 4.69) is 5.32 Å². The third-order valence-corrected chi connectivity index (χ3v) is 4.84. The molecule has 0 aromatic rings. The lowest BCUT2D eigenvalue weighted by Gasteiger charge is -2.34. The summed E-state index contributed by atoms with van der Waals surface area (Å²) in [6.07, 6.45) is -0.332. The summed E-state index contributed by atoms with van der Waals surface area (Å²) < 4.78 is 38.0. The average molecular weight is 285 g/mol. The van der Waals surface area contributed by atoms with Crippen molar-refractivity contribution in [3.8, 4) is 0 Å². The molecule has 0 bridgehead atoms. The van der Waals surface area contributed by atoms with Crippen LogP contribution in [0.4, 0.5) is 13.2 Å². The molecule has 6 heteroatoms. The van der Waals surface area contributed by atoms with Crippen LogP contribution >= 0.6 is 11.8 Å². The van der Waals surface area contributed by atoms with Gasteiger partial charge >= 0.3 is 6.18 Å². The first kappa shape index (κ1) is 16.1. The summed E-state index contributed by atoms with van der Waals surface area (Å²) in [6, 6.07) is -0.0523. The fraction of sp³-hybridized carbons (Fsp3) is 1.00. The Morgan fingerprint density at radius 3 is 2.56 bits per heavy atom. The Hall–Kier alpha value is 0.0600.